The minimum atomic E-state index is -0.697. The van der Waals surface area contributed by atoms with E-state index in [4.69, 9.17) is 14.2 Å². The van der Waals surface area contributed by atoms with Crippen LogP contribution in [0.2, 0.25) is 0 Å². The van der Waals surface area contributed by atoms with Gasteiger partial charge >= 0.3 is 11.9 Å². The van der Waals surface area contributed by atoms with Gasteiger partial charge in [0.25, 0.3) is 0 Å². The normalized spacial score (nSPS) is 14.2. The third-order valence-corrected chi connectivity index (χ3v) is 4.78. The van der Waals surface area contributed by atoms with Crippen molar-refractivity contribution in [3.63, 3.8) is 0 Å². The maximum absolute atomic E-state index is 14.0. The molecule has 1 aliphatic rings. The van der Waals surface area contributed by atoms with Gasteiger partial charge in [-0.2, -0.15) is 0 Å². The van der Waals surface area contributed by atoms with Crippen LogP contribution in [0.5, 0.6) is 11.5 Å². The number of methoxy groups -OCH3 is 1. The second-order valence-corrected chi connectivity index (χ2v) is 6.93. The highest BCUT2D eigenvalue weighted by atomic mass is 19.1. The van der Waals surface area contributed by atoms with Gasteiger partial charge in [0.1, 0.15) is 5.82 Å². The Morgan fingerprint density at radius 1 is 1.03 bits per heavy atom. The number of carbonyl (C=O) groups excluding carboxylic acids is 2. The number of halogens is 1. The molecule has 0 saturated carbocycles. The summed E-state index contributed by atoms with van der Waals surface area (Å²) >= 11 is 0. The molecular weight excluding hydrogens is 413 g/mol. The van der Waals surface area contributed by atoms with Crippen molar-refractivity contribution in [1.29, 1.82) is 0 Å². The second-order valence-electron chi connectivity index (χ2n) is 6.93. The molecule has 6 nitrogen and oxygen atoms in total. The van der Waals surface area contributed by atoms with Crippen LogP contribution in [0.25, 0.3) is 6.08 Å². The van der Waals surface area contributed by atoms with Crippen LogP contribution in [0.15, 0.2) is 77.4 Å². The Morgan fingerprint density at radius 2 is 1.78 bits per heavy atom. The molecule has 0 fully saturated rings. The first-order chi connectivity index (χ1) is 15.5. The van der Waals surface area contributed by atoms with Crippen molar-refractivity contribution < 1.29 is 28.2 Å². The summed E-state index contributed by atoms with van der Waals surface area (Å²) in [4.78, 5) is 28.8. The molecule has 32 heavy (non-hydrogen) atoms. The topological polar surface area (TPSA) is 74.2 Å². The predicted molar refractivity (Wildman–Crippen MR) is 116 cm³/mol. The zero-order valence-electron chi connectivity index (χ0n) is 17.3. The third-order valence-electron chi connectivity index (χ3n) is 4.78. The van der Waals surface area contributed by atoms with Crippen LogP contribution < -0.4 is 9.47 Å². The number of rotatable bonds is 5. The van der Waals surface area contributed by atoms with Crippen molar-refractivity contribution in [2.24, 2.45) is 4.99 Å². The zero-order valence-corrected chi connectivity index (χ0v) is 17.3. The summed E-state index contributed by atoms with van der Waals surface area (Å²) in [6, 6.07) is 17.8. The maximum Gasteiger partial charge on any atom is 0.363 e. The lowest BCUT2D eigenvalue weighted by molar-refractivity contribution is -0.129. The Hall–Kier alpha value is -4.26. The minimum absolute atomic E-state index is 0.00922. The molecule has 0 spiro atoms. The van der Waals surface area contributed by atoms with E-state index in [-0.39, 0.29) is 22.9 Å². The highest BCUT2D eigenvalue weighted by molar-refractivity contribution is 6.13. The Balaban J connectivity index is 1.60. The van der Waals surface area contributed by atoms with E-state index < -0.39 is 17.8 Å². The molecule has 0 aliphatic carbocycles. The van der Waals surface area contributed by atoms with E-state index in [0.29, 0.717) is 16.9 Å². The number of benzene rings is 3. The molecule has 3 aromatic rings. The average molecular weight is 431 g/mol. The molecule has 0 bridgehead atoms. The van der Waals surface area contributed by atoms with Gasteiger partial charge in [-0.15, -0.1) is 0 Å². The van der Waals surface area contributed by atoms with Crippen molar-refractivity contribution in [1.82, 2.24) is 0 Å². The Bertz CT molecular complexity index is 1280. The maximum atomic E-state index is 14.0. The van der Waals surface area contributed by atoms with Crippen LogP contribution in [0.3, 0.4) is 0 Å². The van der Waals surface area contributed by atoms with Gasteiger partial charge < -0.3 is 14.2 Å². The van der Waals surface area contributed by atoms with Crippen LogP contribution in [-0.4, -0.2) is 24.9 Å². The van der Waals surface area contributed by atoms with E-state index in [2.05, 4.69) is 4.99 Å². The number of hydrogen-bond acceptors (Lipinski definition) is 6. The Labute approximate surface area is 183 Å². The number of esters is 2. The smallest absolute Gasteiger partial charge is 0.363 e. The molecule has 0 N–H and O–H groups in total. The summed E-state index contributed by atoms with van der Waals surface area (Å²) in [6.45, 7) is 1.82. The van der Waals surface area contributed by atoms with Crippen molar-refractivity contribution in [3.8, 4) is 11.5 Å². The average Bonchev–Trinajstić information content (AvgIpc) is 3.15. The van der Waals surface area contributed by atoms with Crippen LogP contribution in [-0.2, 0) is 9.53 Å². The molecule has 0 amide bonds. The lowest BCUT2D eigenvalue weighted by Crippen LogP contribution is -2.10. The lowest BCUT2D eigenvalue weighted by Gasteiger charge is -2.11. The molecule has 0 atom stereocenters. The highest BCUT2D eigenvalue weighted by Crippen LogP contribution is 2.31. The van der Waals surface area contributed by atoms with Crippen molar-refractivity contribution in [2.45, 2.75) is 6.92 Å². The number of aryl methyl sites for hydroxylation is 1. The molecule has 0 unspecified atom stereocenters. The molecule has 1 aliphatic heterocycles. The van der Waals surface area contributed by atoms with E-state index in [1.165, 1.54) is 31.4 Å². The molecule has 0 saturated heterocycles. The molecule has 0 aromatic heterocycles. The van der Waals surface area contributed by atoms with Gasteiger partial charge in [0.15, 0.2) is 17.2 Å². The van der Waals surface area contributed by atoms with E-state index in [1.807, 2.05) is 19.1 Å². The third kappa shape index (κ3) is 4.27. The van der Waals surface area contributed by atoms with Crippen LogP contribution in [0.4, 0.5) is 4.39 Å². The van der Waals surface area contributed by atoms with Crippen molar-refractivity contribution >= 4 is 23.9 Å². The summed E-state index contributed by atoms with van der Waals surface area (Å²) in [6.07, 6.45) is 1.48. The van der Waals surface area contributed by atoms with Crippen LogP contribution >= 0.6 is 0 Å². The van der Waals surface area contributed by atoms with Gasteiger partial charge in [0.05, 0.1) is 18.2 Å². The fourth-order valence-electron chi connectivity index (χ4n) is 3.13. The van der Waals surface area contributed by atoms with E-state index >= 15 is 0 Å². The SMILES string of the molecule is COc1cc(/C=C2\N=C(c3ccccc3F)OC2=O)ccc1OC(=O)c1ccccc1C. The van der Waals surface area contributed by atoms with Gasteiger partial charge in [0, 0.05) is 0 Å². The van der Waals surface area contributed by atoms with Gasteiger partial charge in [-0.05, 0) is 54.5 Å². The number of aliphatic imine (C=N–C) groups is 1. The van der Waals surface area contributed by atoms with Crippen LogP contribution in [0, 0.1) is 12.7 Å². The first kappa shape index (κ1) is 21.0. The number of nitrogens with zero attached hydrogens (tertiary/aromatic N) is 1. The van der Waals surface area contributed by atoms with E-state index in [1.54, 1.807) is 36.4 Å². The summed E-state index contributed by atoms with van der Waals surface area (Å²) in [5.74, 6) is -1.32. The monoisotopic (exact) mass is 431 g/mol. The standard InChI is InChI=1S/C25H18FNO5/c1-15-7-3-4-8-17(15)24(28)31-21-12-11-16(14-22(21)30-2)13-20-25(29)32-23(27-20)18-9-5-6-10-19(18)26/h3-14H,1-2H3/b20-13-. The summed E-state index contributed by atoms with van der Waals surface area (Å²) < 4.78 is 29.9. The quantitative estimate of drug-likeness (QED) is 0.332. The van der Waals surface area contributed by atoms with Gasteiger partial charge in [-0.3, -0.25) is 0 Å². The van der Waals surface area contributed by atoms with Gasteiger partial charge in [0.2, 0.25) is 5.90 Å². The number of ether oxygens (including phenoxy) is 3. The van der Waals surface area contributed by atoms with Crippen molar-refractivity contribution in [2.75, 3.05) is 7.11 Å². The Kier molecular flexibility index (Phi) is 5.81. The van der Waals surface area contributed by atoms with E-state index in [0.717, 1.165) is 5.56 Å². The molecular formula is C25H18FNO5. The summed E-state index contributed by atoms with van der Waals surface area (Å²) in [5.41, 5.74) is 1.91. The highest BCUT2D eigenvalue weighted by Gasteiger charge is 2.26. The molecule has 7 heteroatoms. The first-order valence-electron chi connectivity index (χ1n) is 9.69. The fourth-order valence-corrected chi connectivity index (χ4v) is 3.13. The zero-order chi connectivity index (χ0) is 22.7. The molecule has 3 aromatic carbocycles. The fraction of sp³-hybridized carbons (Fsp3) is 0.0800. The van der Waals surface area contributed by atoms with Gasteiger partial charge in [-0.25, -0.2) is 19.0 Å². The minimum Gasteiger partial charge on any atom is -0.493 e. The largest absolute Gasteiger partial charge is 0.493 e. The predicted octanol–water partition coefficient (Wildman–Crippen LogP) is 4.71. The Morgan fingerprint density at radius 3 is 2.53 bits per heavy atom. The summed E-state index contributed by atoms with van der Waals surface area (Å²) in [7, 11) is 1.44. The number of carbonyl (C=O) groups is 2. The molecule has 1 heterocycles. The first-order valence-corrected chi connectivity index (χ1v) is 9.69. The number of cyclic esters (lactones) is 1. The molecule has 4 rings (SSSR count). The number of hydrogen-bond donors (Lipinski definition) is 0. The van der Waals surface area contributed by atoms with Crippen molar-refractivity contribution in [3.05, 3.63) is 100 Å². The van der Waals surface area contributed by atoms with Gasteiger partial charge in [-0.1, -0.05) is 36.4 Å². The van der Waals surface area contributed by atoms with E-state index in [9.17, 15) is 14.0 Å². The lowest BCUT2D eigenvalue weighted by atomic mass is 10.1. The molecule has 160 valence electrons. The summed E-state index contributed by atoms with van der Waals surface area (Å²) in [5, 5.41) is 0. The second kappa shape index (κ2) is 8.85. The van der Waals surface area contributed by atoms with Crippen LogP contribution in [0.1, 0.15) is 27.0 Å². The molecule has 0 radical (unpaired) electrons.